The van der Waals surface area contributed by atoms with E-state index < -0.39 is 0 Å². The van der Waals surface area contributed by atoms with Crippen molar-refractivity contribution < 1.29 is 18.7 Å². The van der Waals surface area contributed by atoms with E-state index in [2.05, 4.69) is 4.98 Å². The van der Waals surface area contributed by atoms with Crippen LogP contribution < -0.4 is 9.47 Å². The molecule has 0 unspecified atom stereocenters. The lowest BCUT2D eigenvalue weighted by molar-refractivity contribution is 0.0786. The van der Waals surface area contributed by atoms with Gasteiger partial charge in [0.2, 0.25) is 6.79 Å². The summed E-state index contributed by atoms with van der Waals surface area (Å²) in [5, 5.41) is 0.638. The minimum atomic E-state index is -0.372. The summed E-state index contributed by atoms with van der Waals surface area (Å²) in [6, 6.07) is 11.6. The molecule has 1 aliphatic heterocycles. The van der Waals surface area contributed by atoms with Crippen LogP contribution in [0, 0.1) is 12.7 Å². The molecular formula is C20H17FN2O3. The Morgan fingerprint density at radius 3 is 2.81 bits per heavy atom. The average molecular weight is 352 g/mol. The van der Waals surface area contributed by atoms with Crippen molar-refractivity contribution in [3.05, 3.63) is 65.1 Å². The predicted molar refractivity (Wildman–Crippen MR) is 94.8 cm³/mol. The van der Waals surface area contributed by atoms with Crippen molar-refractivity contribution in [2.24, 2.45) is 0 Å². The lowest BCUT2D eigenvalue weighted by Gasteiger charge is -2.19. The van der Waals surface area contributed by atoms with Gasteiger partial charge in [-0.3, -0.25) is 9.78 Å². The molecule has 5 nitrogen and oxygen atoms in total. The number of rotatable bonds is 3. The van der Waals surface area contributed by atoms with E-state index in [1.54, 1.807) is 31.0 Å². The maximum Gasteiger partial charge on any atom is 0.254 e. The minimum Gasteiger partial charge on any atom is -0.454 e. The fourth-order valence-electron chi connectivity index (χ4n) is 3.10. The number of benzene rings is 2. The second-order valence-corrected chi connectivity index (χ2v) is 6.32. The molecule has 132 valence electrons. The van der Waals surface area contributed by atoms with Crippen molar-refractivity contribution in [2.75, 3.05) is 13.8 Å². The Labute approximate surface area is 150 Å². The first-order valence-corrected chi connectivity index (χ1v) is 8.22. The molecule has 4 rings (SSSR count). The number of carbonyl (C=O) groups is 1. The third kappa shape index (κ3) is 2.94. The number of halogens is 1. The number of carbonyl (C=O) groups excluding carboxylic acids is 1. The maximum atomic E-state index is 13.5. The molecule has 3 aromatic rings. The highest BCUT2D eigenvalue weighted by atomic mass is 19.1. The fourth-order valence-corrected chi connectivity index (χ4v) is 3.10. The summed E-state index contributed by atoms with van der Waals surface area (Å²) >= 11 is 0. The highest BCUT2D eigenvalue weighted by Gasteiger charge is 2.19. The van der Waals surface area contributed by atoms with E-state index >= 15 is 0 Å². The molecule has 26 heavy (non-hydrogen) atoms. The second-order valence-electron chi connectivity index (χ2n) is 6.32. The first-order chi connectivity index (χ1) is 12.5. The highest BCUT2D eigenvalue weighted by molar-refractivity contribution is 6.06. The Balaban J connectivity index is 1.64. The monoisotopic (exact) mass is 352 g/mol. The van der Waals surface area contributed by atoms with Crippen molar-refractivity contribution in [2.45, 2.75) is 13.5 Å². The van der Waals surface area contributed by atoms with Crippen LogP contribution >= 0.6 is 0 Å². The summed E-state index contributed by atoms with van der Waals surface area (Å²) in [5.41, 5.74) is 2.59. The molecule has 1 aromatic heterocycles. The summed E-state index contributed by atoms with van der Waals surface area (Å²) in [4.78, 5) is 18.9. The summed E-state index contributed by atoms with van der Waals surface area (Å²) in [5.74, 6) is 0.872. The van der Waals surface area contributed by atoms with Gasteiger partial charge in [-0.15, -0.1) is 0 Å². The molecular weight excluding hydrogens is 335 g/mol. The first kappa shape index (κ1) is 16.3. The van der Waals surface area contributed by atoms with Gasteiger partial charge in [0.1, 0.15) is 5.82 Å². The number of aryl methyl sites for hydroxylation is 1. The largest absolute Gasteiger partial charge is 0.454 e. The van der Waals surface area contributed by atoms with Gasteiger partial charge in [-0.05, 0) is 42.8 Å². The molecule has 2 aromatic carbocycles. The van der Waals surface area contributed by atoms with Crippen LogP contribution in [0.1, 0.15) is 21.6 Å². The number of hydrogen-bond acceptors (Lipinski definition) is 4. The Morgan fingerprint density at radius 1 is 1.15 bits per heavy atom. The van der Waals surface area contributed by atoms with E-state index in [9.17, 15) is 9.18 Å². The molecule has 0 aliphatic carbocycles. The summed E-state index contributed by atoms with van der Waals surface area (Å²) < 4.78 is 24.2. The van der Waals surface area contributed by atoms with Gasteiger partial charge in [-0.2, -0.15) is 0 Å². The first-order valence-electron chi connectivity index (χ1n) is 8.22. The van der Waals surface area contributed by atoms with E-state index in [0.29, 0.717) is 40.2 Å². The van der Waals surface area contributed by atoms with Gasteiger partial charge in [0.15, 0.2) is 11.5 Å². The Hall–Kier alpha value is -3.15. The zero-order valence-corrected chi connectivity index (χ0v) is 14.5. The Kier molecular flexibility index (Phi) is 3.95. The topological polar surface area (TPSA) is 51.7 Å². The number of nitrogens with zero attached hydrogens (tertiary/aromatic N) is 2. The van der Waals surface area contributed by atoms with Crippen molar-refractivity contribution in [1.29, 1.82) is 0 Å². The van der Waals surface area contributed by atoms with Crippen molar-refractivity contribution in [1.82, 2.24) is 9.88 Å². The number of hydrogen-bond donors (Lipinski definition) is 0. The standard InChI is InChI=1S/C20H17FN2O3/c1-12-7-16(15-5-4-14(21)9-17(15)22-12)20(24)23(2)10-13-3-6-18-19(8-13)26-11-25-18/h3-9H,10-11H2,1-2H3. The van der Waals surface area contributed by atoms with Gasteiger partial charge in [0, 0.05) is 30.7 Å². The van der Waals surface area contributed by atoms with Crippen molar-refractivity contribution >= 4 is 16.8 Å². The fraction of sp³-hybridized carbons (Fsp3) is 0.200. The number of amides is 1. The molecule has 0 bridgehead atoms. The molecule has 1 aliphatic rings. The minimum absolute atomic E-state index is 0.148. The van der Waals surface area contributed by atoms with Crippen LogP contribution in [0.15, 0.2) is 42.5 Å². The smallest absolute Gasteiger partial charge is 0.254 e. The third-order valence-electron chi connectivity index (χ3n) is 4.33. The molecule has 1 amide bonds. The summed E-state index contributed by atoms with van der Waals surface area (Å²) in [6.45, 7) is 2.42. The molecule has 0 radical (unpaired) electrons. The van der Waals surface area contributed by atoms with Gasteiger partial charge in [-0.25, -0.2) is 4.39 Å². The molecule has 0 atom stereocenters. The van der Waals surface area contributed by atoms with Crippen LogP contribution in [0.25, 0.3) is 10.9 Å². The van der Waals surface area contributed by atoms with Gasteiger partial charge >= 0.3 is 0 Å². The van der Waals surface area contributed by atoms with E-state index in [1.807, 2.05) is 18.2 Å². The van der Waals surface area contributed by atoms with E-state index in [1.165, 1.54) is 12.1 Å². The van der Waals surface area contributed by atoms with Crippen LogP contribution in [0.4, 0.5) is 4.39 Å². The molecule has 0 N–H and O–H groups in total. The summed E-state index contributed by atoms with van der Waals surface area (Å²) in [6.07, 6.45) is 0. The van der Waals surface area contributed by atoms with Crippen LogP contribution in [-0.2, 0) is 6.54 Å². The van der Waals surface area contributed by atoms with Crippen LogP contribution in [0.3, 0.4) is 0 Å². The number of pyridine rings is 1. The quantitative estimate of drug-likeness (QED) is 0.721. The zero-order chi connectivity index (χ0) is 18.3. The van der Waals surface area contributed by atoms with Gasteiger partial charge in [0.25, 0.3) is 5.91 Å². The van der Waals surface area contributed by atoms with Gasteiger partial charge in [0.05, 0.1) is 11.1 Å². The number of ether oxygens (including phenoxy) is 2. The summed E-state index contributed by atoms with van der Waals surface area (Å²) in [7, 11) is 1.73. The number of fused-ring (bicyclic) bond motifs is 2. The zero-order valence-electron chi connectivity index (χ0n) is 14.5. The third-order valence-corrected chi connectivity index (χ3v) is 4.33. The van der Waals surface area contributed by atoms with E-state index in [0.717, 1.165) is 5.56 Å². The van der Waals surface area contributed by atoms with Gasteiger partial charge < -0.3 is 14.4 Å². The number of aromatic nitrogens is 1. The second kappa shape index (κ2) is 6.29. The lowest BCUT2D eigenvalue weighted by Crippen LogP contribution is -2.26. The SMILES string of the molecule is Cc1cc(C(=O)N(C)Cc2ccc3c(c2)OCO3)c2ccc(F)cc2n1. The average Bonchev–Trinajstić information content (AvgIpc) is 3.07. The molecule has 6 heteroatoms. The normalized spacial score (nSPS) is 12.4. The molecule has 0 fully saturated rings. The molecule has 0 saturated carbocycles. The van der Waals surface area contributed by atoms with Crippen molar-refractivity contribution in [3.63, 3.8) is 0 Å². The Bertz CT molecular complexity index is 1010. The highest BCUT2D eigenvalue weighted by Crippen LogP contribution is 2.33. The van der Waals surface area contributed by atoms with Crippen LogP contribution in [0.5, 0.6) is 11.5 Å². The molecule has 0 saturated heterocycles. The predicted octanol–water partition coefficient (Wildman–Crippen LogP) is 3.68. The van der Waals surface area contributed by atoms with E-state index in [4.69, 9.17) is 9.47 Å². The lowest BCUT2D eigenvalue weighted by atomic mass is 10.1. The van der Waals surface area contributed by atoms with E-state index in [-0.39, 0.29) is 18.5 Å². The van der Waals surface area contributed by atoms with Crippen molar-refractivity contribution in [3.8, 4) is 11.5 Å². The molecule has 0 spiro atoms. The molecule has 2 heterocycles. The maximum absolute atomic E-state index is 13.5. The van der Waals surface area contributed by atoms with Crippen LogP contribution in [-0.4, -0.2) is 29.6 Å². The van der Waals surface area contributed by atoms with Crippen LogP contribution in [0.2, 0.25) is 0 Å². The Morgan fingerprint density at radius 2 is 1.96 bits per heavy atom. The van der Waals surface area contributed by atoms with Gasteiger partial charge in [-0.1, -0.05) is 6.07 Å².